The highest BCUT2D eigenvalue weighted by Crippen LogP contribution is 2.18. The molecule has 0 bridgehead atoms. The fourth-order valence-electron chi connectivity index (χ4n) is 7.14. The van der Waals surface area contributed by atoms with E-state index in [1.54, 1.807) is 0 Å². The van der Waals surface area contributed by atoms with Crippen molar-refractivity contribution in [3.05, 3.63) is 10.4 Å². The Hall–Kier alpha value is -1.79. The molecule has 8 nitrogen and oxygen atoms in total. The Morgan fingerprint density at radius 2 is 0.907 bits per heavy atom. The number of ether oxygens (including phenoxy) is 2. The van der Waals surface area contributed by atoms with Gasteiger partial charge in [0.05, 0.1) is 6.61 Å². The molecule has 0 aromatic heterocycles. The summed E-state index contributed by atoms with van der Waals surface area (Å²) >= 11 is 0. The average molecular weight is 765 g/mol. The molecule has 0 unspecified atom stereocenters. The van der Waals surface area contributed by atoms with Gasteiger partial charge in [0.25, 0.3) is 0 Å². The zero-order valence-electron chi connectivity index (χ0n) is 35.6. The van der Waals surface area contributed by atoms with E-state index >= 15 is 0 Å². The summed E-state index contributed by atoms with van der Waals surface area (Å²) in [5.41, 5.74) is 8.65. The molecule has 0 amide bonds. The first-order valence-electron chi connectivity index (χ1n) is 23.2. The summed E-state index contributed by atoms with van der Waals surface area (Å²) < 4.78 is 11.5. The lowest BCUT2D eigenvalue weighted by Gasteiger charge is -2.22. The average Bonchev–Trinajstić information content (AvgIpc) is 3.15. The van der Waals surface area contributed by atoms with Crippen molar-refractivity contribution in [2.45, 2.75) is 253 Å². The number of unbranched alkanes of at least 4 members (excludes halogenated alkanes) is 24. The van der Waals surface area contributed by atoms with E-state index < -0.39 is 0 Å². The largest absolute Gasteiger partial charge is 0.466 e. The van der Waals surface area contributed by atoms with E-state index in [0.717, 1.165) is 103 Å². The minimum atomic E-state index is -0.0507. The predicted octanol–water partition coefficient (Wildman–Crippen LogP) is 15.0. The van der Waals surface area contributed by atoms with Gasteiger partial charge in [0.2, 0.25) is 0 Å². The molecule has 0 N–H and O–H groups in total. The summed E-state index contributed by atoms with van der Waals surface area (Å²) in [7, 11) is 0. The molecule has 0 aromatic carbocycles. The molecular weight excluding hydrogens is 673 g/mol. The number of carbonyl (C=O) groups excluding carboxylic acids is 2. The van der Waals surface area contributed by atoms with Gasteiger partial charge in [0.15, 0.2) is 0 Å². The molecule has 0 spiro atoms. The Balaban J connectivity index is 0. The molecular formula is C46H92N4O4. The number of rotatable bonds is 43. The van der Waals surface area contributed by atoms with Crippen molar-refractivity contribution < 1.29 is 19.1 Å². The number of esters is 2. The summed E-state index contributed by atoms with van der Waals surface area (Å²) in [6, 6.07) is 0. The van der Waals surface area contributed by atoms with Gasteiger partial charge in [-0.25, -0.2) is 0 Å². The predicted molar refractivity (Wildman–Crippen MR) is 232 cm³/mol. The summed E-state index contributed by atoms with van der Waals surface area (Å²) in [5.74, 6) is -0.0459. The third kappa shape index (κ3) is 41.4. The van der Waals surface area contributed by atoms with Crippen molar-refractivity contribution >= 4 is 11.9 Å². The molecule has 0 saturated carbocycles. The van der Waals surface area contributed by atoms with Gasteiger partial charge in [-0.1, -0.05) is 175 Å². The standard InChI is InChI=1S/C45H88N4O4.CH4/c1-4-7-10-13-16-17-18-24-32-42-52-44(50)36-29-25-31-40-49(41-33-38-47-48-46)39-30-23-19-22-28-37-45(51)53-43(34-26-20-14-11-8-5-2)35-27-21-15-12-9-6-3;/h43H,4-42H2,1-3H3;1H4. The molecule has 0 aliphatic heterocycles. The van der Waals surface area contributed by atoms with Crippen LogP contribution in [0.4, 0.5) is 0 Å². The van der Waals surface area contributed by atoms with Gasteiger partial charge in [-0.15, -0.1) is 0 Å². The number of hydrogen-bond donors (Lipinski definition) is 0. The molecule has 0 saturated heterocycles. The first kappa shape index (κ1) is 54.3. The Bertz CT molecular complexity index is 820. The van der Waals surface area contributed by atoms with E-state index in [-0.39, 0.29) is 25.5 Å². The Morgan fingerprint density at radius 1 is 0.519 bits per heavy atom. The minimum Gasteiger partial charge on any atom is -0.466 e. The second-order valence-corrected chi connectivity index (χ2v) is 15.8. The Morgan fingerprint density at radius 3 is 1.41 bits per heavy atom. The summed E-state index contributed by atoms with van der Waals surface area (Å²) in [4.78, 5) is 30.3. The molecule has 0 fully saturated rings. The van der Waals surface area contributed by atoms with E-state index in [0.29, 0.717) is 26.0 Å². The number of carbonyl (C=O) groups is 2. The van der Waals surface area contributed by atoms with Crippen LogP contribution in [-0.2, 0) is 19.1 Å². The quantitative estimate of drug-likeness (QED) is 0.0202. The first-order chi connectivity index (χ1) is 26.1. The third-order valence-corrected chi connectivity index (χ3v) is 10.6. The van der Waals surface area contributed by atoms with E-state index in [2.05, 4.69) is 35.7 Å². The lowest BCUT2D eigenvalue weighted by molar-refractivity contribution is -0.150. The highest BCUT2D eigenvalue weighted by molar-refractivity contribution is 5.69. The molecule has 0 aromatic rings. The highest BCUT2D eigenvalue weighted by atomic mass is 16.5. The van der Waals surface area contributed by atoms with Gasteiger partial charge in [0, 0.05) is 24.3 Å². The van der Waals surface area contributed by atoms with Crippen LogP contribution in [0.1, 0.15) is 247 Å². The maximum atomic E-state index is 12.7. The van der Waals surface area contributed by atoms with E-state index in [4.69, 9.17) is 15.0 Å². The van der Waals surface area contributed by atoms with Crippen molar-refractivity contribution in [3.63, 3.8) is 0 Å². The molecule has 0 heterocycles. The van der Waals surface area contributed by atoms with Crippen molar-refractivity contribution in [3.8, 4) is 0 Å². The van der Waals surface area contributed by atoms with E-state index in [9.17, 15) is 9.59 Å². The van der Waals surface area contributed by atoms with Crippen molar-refractivity contribution in [1.82, 2.24) is 4.90 Å². The van der Waals surface area contributed by atoms with Gasteiger partial charge in [-0.2, -0.15) is 0 Å². The number of hydrogen-bond acceptors (Lipinski definition) is 6. The third-order valence-electron chi connectivity index (χ3n) is 10.6. The van der Waals surface area contributed by atoms with E-state index in [1.807, 2.05) is 0 Å². The maximum Gasteiger partial charge on any atom is 0.306 e. The summed E-state index contributed by atoms with van der Waals surface area (Å²) in [5, 5.41) is 3.71. The maximum absolute atomic E-state index is 12.7. The molecule has 0 radical (unpaired) electrons. The van der Waals surface area contributed by atoms with Crippen LogP contribution in [0.3, 0.4) is 0 Å². The minimum absolute atomic E-state index is 0. The van der Waals surface area contributed by atoms with Crippen LogP contribution >= 0.6 is 0 Å². The monoisotopic (exact) mass is 765 g/mol. The summed E-state index contributed by atoms with van der Waals surface area (Å²) in [6.45, 7) is 10.9. The van der Waals surface area contributed by atoms with Gasteiger partial charge in [-0.05, 0) is 89.4 Å². The molecule has 54 heavy (non-hydrogen) atoms. The second-order valence-electron chi connectivity index (χ2n) is 15.8. The van der Waals surface area contributed by atoms with Crippen LogP contribution in [0.2, 0.25) is 0 Å². The zero-order chi connectivity index (χ0) is 38.7. The number of azide groups is 1. The van der Waals surface area contributed by atoms with Crippen LogP contribution in [0, 0.1) is 0 Å². The van der Waals surface area contributed by atoms with Crippen LogP contribution in [-0.4, -0.2) is 55.7 Å². The fraction of sp³-hybridized carbons (Fsp3) is 0.957. The normalized spacial score (nSPS) is 11.1. The molecule has 320 valence electrons. The van der Waals surface area contributed by atoms with Gasteiger partial charge >= 0.3 is 11.9 Å². The molecule has 0 rings (SSSR count). The Kier molecular flexibility index (Phi) is 45.9. The van der Waals surface area contributed by atoms with Crippen LogP contribution in [0.15, 0.2) is 5.11 Å². The topological polar surface area (TPSA) is 105 Å². The van der Waals surface area contributed by atoms with Crippen LogP contribution in [0.25, 0.3) is 10.4 Å². The van der Waals surface area contributed by atoms with Gasteiger partial charge < -0.3 is 14.4 Å². The van der Waals surface area contributed by atoms with Crippen molar-refractivity contribution in [2.24, 2.45) is 5.11 Å². The van der Waals surface area contributed by atoms with Crippen LogP contribution in [0.5, 0.6) is 0 Å². The molecule has 0 aliphatic rings. The SMILES string of the molecule is C.CCCCCCCCCCCOC(=O)CCCCCN(CCCCCCCC(=O)OC(CCCCCCCC)CCCCCCCC)CCCN=[N+]=[N-]. The molecule has 0 aliphatic carbocycles. The van der Waals surface area contributed by atoms with Crippen LogP contribution < -0.4 is 0 Å². The highest BCUT2D eigenvalue weighted by Gasteiger charge is 2.14. The lowest BCUT2D eigenvalue weighted by Crippen LogP contribution is -2.27. The Labute approximate surface area is 336 Å². The molecule has 8 heteroatoms. The number of nitrogens with zero attached hydrogens (tertiary/aromatic N) is 4. The van der Waals surface area contributed by atoms with Crippen molar-refractivity contribution in [1.29, 1.82) is 0 Å². The second kappa shape index (κ2) is 45.6. The summed E-state index contributed by atoms with van der Waals surface area (Å²) in [6.07, 6.45) is 39.2. The van der Waals surface area contributed by atoms with E-state index in [1.165, 1.54) is 122 Å². The fourth-order valence-corrected chi connectivity index (χ4v) is 7.14. The van der Waals surface area contributed by atoms with Gasteiger partial charge in [0.1, 0.15) is 6.10 Å². The lowest BCUT2D eigenvalue weighted by atomic mass is 10.0. The molecule has 0 atom stereocenters. The van der Waals surface area contributed by atoms with Gasteiger partial charge in [-0.3, -0.25) is 9.59 Å². The zero-order valence-corrected chi connectivity index (χ0v) is 35.6. The smallest absolute Gasteiger partial charge is 0.306 e. The van der Waals surface area contributed by atoms with Crippen molar-refractivity contribution in [2.75, 3.05) is 32.8 Å². The first-order valence-corrected chi connectivity index (χ1v) is 23.2.